The fourth-order valence-electron chi connectivity index (χ4n) is 2.47. The van der Waals surface area contributed by atoms with Gasteiger partial charge in [0.15, 0.2) is 0 Å². The molecule has 0 aromatic heterocycles. The average Bonchev–Trinajstić information content (AvgIpc) is 2.68. The molecule has 0 saturated carbocycles. The quantitative estimate of drug-likeness (QED) is 0.847. The first-order chi connectivity index (χ1) is 7.68. The van der Waals surface area contributed by atoms with Crippen LogP contribution < -0.4 is 0 Å². The van der Waals surface area contributed by atoms with E-state index in [1.165, 1.54) is 11.1 Å². The molecule has 3 atom stereocenters. The smallest absolute Gasteiger partial charge is 0.0634 e. The number of aliphatic hydroxyl groups excluding tert-OH is 1. The molecule has 1 saturated heterocycles. The minimum atomic E-state index is -0.279. The van der Waals surface area contributed by atoms with Crippen LogP contribution in [0.15, 0.2) is 24.3 Å². The number of hydrogen-bond donors (Lipinski definition) is 1. The molecule has 2 rings (SSSR count). The summed E-state index contributed by atoms with van der Waals surface area (Å²) in [5.74, 6) is 0.291. The van der Waals surface area contributed by atoms with Crippen molar-refractivity contribution in [3.8, 4) is 0 Å². The molecule has 0 spiro atoms. The van der Waals surface area contributed by atoms with E-state index in [2.05, 4.69) is 26.0 Å². The lowest BCUT2D eigenvalue weighted by Crippen LogP contribution is -2.28. The Hall–Kier alpha value is -0.860. The van der Waals surface area contributed by atoms with E-state index >= 15 is 0 Å². The van der Waals surface area contributed by atoms with Crippen molar-refractivity contribution < 1.29 is 9.84 Å². The van der Waals surface area contributed by atoms with E-state index in [1.807, 2.05) is 12.1 Å². The maximum absolute atomic E-state index is 10.2. The first-order valence-electron chi connectivity index (χ1n) is 6.02. The highest BCUT2D eigenvalue weighted by atomic mass is 16.5. The van der Waals surface area contributed by atoms with Crippen LogP contribution in [-0.2, 0) is 11.2 Å². The maximum Gasteiger partial charge on any atom is 0.0634 e. The molecule has 0 aliphatic carbocycles. The molecular weight excluding hydrogens is 200 g/mol. The first-order valence-corrected chi connectivity index (χ1v) is 6.02. The van der Waals surface area contributed by atoms with Crippen molar-refractivity contribution >= 4 is 0 Å². The van der Waals surface area contributed by atoms with Crippen LogP contribution in [0.3, 0.4) is 0 Å². The predicted molar refractivity (Wildman–Crippen MR) is 64.4 cm³/mol. The molecule has 2 heteroatoms. The highest BCUT2D eigenvalue weighted by molar-refractivity contribution is 5.26. The summed E-state index contributed by atoms with van der Waals surface area (Å²) in [6, 6.07) is 8.26. The van der Waals surface area contributed by atoms with Crippen molar-refractivity contribution in [3.63, 3.8) is 0 Å². The Morgan fingerprint density at radius 2 is 2.19 bits per heavy atom. The minimum Gasteiger partial charge on any atom is -0.392 e. The minimum absolute atomic E-state index is 0.194. The molecule has 1 fully saturated rings. The van der Waals surface area contributed by atoms with Gasteiger partial charge in [0.2, 0.25) is 0 Å². The van der Waals surface area contributed by atoms with E-state index in [-0.39, 0.29) is 12.2 Å². The van der Waals surface area contributed by atoms with Gasteiger partial charge in [-0.25, -0.2) is 0 Å². The number of aryl methyl sites for hydroxylation is 1. The van der Waals surface area contributed by atoms with Crippen LogP contribution in [0.4, 0.5) is 0 Å². The molecule has 3 unspecified atom stereocenters. The molecule has 16 heavy (non-hydrogen) atoms. The van der Waals surface area contributed by atoms with Crippen LogP contribution in [-0.4, -0.2) is 23.9 Å². The Bertz CT molecular complexity index is 348. The van der Waals surface area contributed by atoms with E-state index in [9.17, 15) is 5.11 Å². The van der Waals surface area contributed by atoms with Gasteiger partial charge in [0.25, 0.3) is 0 Å². The molecule has 0 bridgehead atoms. The normalized spacial score (nSPS) is 26.9. The van der Waals surface area contributed by atoms with Crippen LogP contribution in [0.1, 0.15) is 24.5 Å². The van der Waals surface area contributed by atoms with Crippen molar-refractivity contribution in [2.24, 2.45) is 5.92 Å². The second kappa shape index (κ2) is 4.98. The van der Waals surface area contributed by atoms with Crippen LogP contribution in [0.5, 0.6) is 0 Å². The fourth-order valence-corrected chi connectivity index (χ4v) is 2.47. The van der Waals surface area contributed by atoms with E-state index in [4.69, 9.17) is 4.74 Å². The molecule has 1 aromatic rings. The number of ether oxygens (including phenoxy) is 1. The van der Waals surface area contributed by atoms with E-state index in [0.717, 1.165) is 19.4 Å². The Morgan fingerprint density at radius 3 is 2.81 bits per heavy atom. The molecule has 1 aromatic carbocycles. The van der Waals surface area contributed by atoms with Gasteiger partial charge >= 0.3 is 0 Å². The second-order valence-electron chi connectivity index (χ2n) is 4.73. The Morgan fingerprint density at radius 1 is 1.44 bits per heavy atom. The summed E-state index contributed by atoms with van der Waals surface area (Å²) in [5.41, 5.74) is 2.50. The Labute approximate surface area is 97.3 Å². The third-order valence-electron chi connectivity index (χ3n) is 3.62. The van der Waals surface area contributed by atoms with Crippen molar-refractivity contribution in [2.75, 3.05) is 6.61 Å². The van der Waals surface area contributed by atoms with E-state index < -0.39 is 0 Å². The zero-order valence-corrected chi connectivity index (χ0v) is 10.0. The SMILES string of the molecule is Cc1ccccc1CC(O)C1CCOC1C. The molecule has 1 aliphatic rings. The molecule has 1 N–H and O–H groups in total. The third kappa shape index (κ3) is 2.45. The Balaban J connectivity index is 2.02. The van der Waals surface area contributed by atoms with Crippen molar-refractivity contribution in [2.45, 2.75) is 38.9 Å². The summed E-state index contributed by atoms with van der Waals surface area (Å²) in [7, 11) is 0. The lowest BCUT2D eigenvalue weighted by atomic mass is 9.90. The summed E-state index contributed by atoms with van der Waals surface area (Å²) in [5, 5.41) is 10.2. The highest BCUT2D eigenvalue weighted by Crippen LogP contribution is 2.26. The summed E-state index contributed by atoms with van der Waals surface area (Å²) in [6.07, 6.45) is 1.64. The van der Waals surface area contributed by atoms with Gasteiger partial charge in [-0.3, -0.25) is 0 Å². The molecule has 88 valence electrons. The van der Waals surface area contributed by atoms with Gasteiger partial charge in [0.1, 0.15) is 0 Å². The predicted octanol–water partition coefficient (Wildman–Crippen LogP) is 2.32. The van der Waals surface area contributed by atoms with Gasteiger partial charge in [-0.15, -0.1) is 0 Å². The molecule has 0 radical (unpaired) electrons. The van der Waals surface area contributed by atoms with Crippen molar-refractivity contribution in [3.05, 3.63) is 35.4 Å². The third-order valence-corrected chi connectivity index (χ3v) is 3.62. The Kier molecular flexibility index (Phi) is 3.62. The summed E-state index contributed by atoms with van der Waals surface area (Å²) >= 11 is 0. The summed E-state index contributed by atoms with van der Waals surface area (Å²) in [6.45, 7) is 4.94. The number of benzene rings is 1. The van der Waals surface area contributed by atoms with Crippen LogP contribution in [0, 0.1) is 12.8 Å². The highest BCUT2D eigenvalue weighted by Gasteiger charge is 2.30. The summed E-state index contributed by atoms with van der Waals surface area (Å²) < 4.78 is 5.49. The zero-order chi connectivity index (χ0) is 11.5. The molecule has 1 aliphatic heterocycles. The summed E-state index contributed by atoms with van der Waals surface area (Å²) in [4.78, 5) is 0. The maximum atomic E-state index is 10.2. The van der Waals surface area contributed by atoms with E-state index in [1.54, 1.807) is 0 Å². The average molecular weight is 220 g/mol. The largest absolute Gasteiger partial charge is 0.392 e. The van der Waals surface area contributed by atoms with Gasteiger partial charge in [0, 0.05) is 12.5 Å². The monoisotopic (exact) mass is 220 g/mol. The number of rotatable bonds is 3. The lowest BCUT2D eigenvalue weighted by Gasteiger charge is -2.21. The van der Waals surface area contributed by atoms with Crippen LogP contribution in [0.25, 0.3) is 0 Å². The number of hydrogen-bond acceptors (Lipinski definition) is 2. The van der Waals surface area contributed by atoms with Gasteiger partial charge in [-0.05, 0) is 37.8 Å². The van der Waals surface area contributed by atoms with Gasteiger partial charge in [-0.1, -0.05) is 24.3 Å². The van der Waals surface area contributed by atoms with Gasteiger partial charge < -0.3 is 9.84 Å². The second-order valence-corrected chi connectivity index (χ2v) is 4.73. The molecule has 2 nitrogen and oxygen atoms in total. The zero-order valence-electron chi connectivity index (χ0n) is 10.0. The molecular formula is C14H20O2. The van der Waals surface area contributed by atoms with E-state index in [0.29, 0.717) is 5.92 Å². The van der Waals surface area contributed by atoms with Crippen molar-refractivity contribution in [1.29, 1.82) is 0 Å². The fraction of sp³-hybridized carbons (Fsp3) is 0.571. The molecule has 1 heterocycles. The van der Waals surface area contributed by atoms with Crippen LogP contribution in [0.2, 0.25) is 0 Å². The first kappa shape index (κ1) is 11.6. The van der Waals surface area contributed by atoms with Crippen molar-refractivity contribution in [1.82, 2.24) is 0 Å². The number of aliphatic hydroxyl groups is 1. The standard InChI is InChI=1S/C14H20O2/c1-10-5-3-4-6-12(10)9-14(15)13-7-8-16-11(13)2/h3-6,11,13-15H,7-9H2,1-2H3. The van der Waals surface area contributed by atoms with Crippen LogP contribution >= 0.6 is 0 Å². The van der Waals surface area contributed by atoms with Gasteiger partial charge in [-0.2, -0.15) is 0 Å². The molecule has 0 amide bonds. The lowest BCUT2D eigenvalue weighted by molar-refractivity contribution is 0.0440. The topological polar surface area (TPSA) is 29.5 Å². The van der Waals surface area contributed by atoms with Gasteiger partial charge in [0.05, 0.1) is 12.2 Å².